The first-order valence-electron chi connectivity index (χ1n) is 8.25. The van der Waals surface area contributed by atoms with Crippen molar-refractivity contribution in [1.82, 2.24) is 15.2 Å². The van der Waals surface area contributed by atoms with Crippen molar-refractivity contribution in [2.75, 3.05) is 19.7 Å². The number of aromatic nitrogens is 1. The molecule has 2 rings (SSSR count). The number of benzene rings is 1. The summed E-state index contributed by atoms with van der Waals surface area (Å²) in [5.41, 5.74) is 0.820. The summed E-state index contributed by atoms with van der Waals surface area (Å²) in [5.74, 6) is 0.595. The topological polar surface area (TPSA) is 71.5 Å². The minimum Gasteiger partial charge on any atom is -0.493 e. The van der Waals surface area contributed by atoms with Gasteiger partial charge in [-0.05, 0) is 24.3 Å². The Morgan fingerprint density at radius 1 is 1.12 bits per heavy atom. The third kappa shape index (κ3) is 7.03. The molecule has 132 valence electrons. The van der Waals surface area contributed by atoms with Crippen molar-refractivity contribution in [1.29, 1.82) is 0 Å². The minimum absolute atomic E-state index is 0.0488. The SMILES string of the molecule is CC(=O)N(CCNC(=O)CCOc1ccccc1)Cc1ccccn1. The fourth-order valence-corrected chi connectivity index (χ4v) is 2.23. The summed E-state index contributed by atoms with van der Waals surface area (Å²) in [6, 6.07) is 15.0. The van der Waals surface area contributed by atoms with Gasteiger partial charge < -0.3 is 15.0 Å². The third-order valence-corrected chi connectivity index (χ3v) is 3.57. The highest BCUT2D eigenvalue weighted by atomic mass is 16.5. The molecule has 0 atom stereocenters. The quantitative estimate of drug-likeness (QED) is 0.757. The lowest BCUT2D eigenvalue weighted by molar-refractivity contribution is -0.130. The molecule has 1 N–H and O–H groups in total. The lowest BCUT2D eigenvalue weighted by Crippen LogP contribution is -2.37. The Kier molecular flexibility index (Phi) is 7.43. The number of nitrogens with zero attached hydrogens (tertiary/aromatic N) is 2. The molecule has 1 aromatic heterocycles. The Morgan fingerprint density at radius 2 is 1.88 bits per heavy atom. The van der Waals surface area contributed by atoms with Crippen molar-refractivity contribution in [2.24, 2.45) is 0 Å². The van der Waals surface area contributed by atoms with Crippen LogP contribution < -0.4 is 10.1 Å². The fraction of sp³-hybridized carbons (Fsp3) is 0.316. The maximum Gasteiger partial charge on any atom is 0.223 e. The molecule has 1 aromatic carbocycles. The summed E-state index contributed by atoms with van der Waals surface area (Å²) in [7, 11) is 0. The standard InChI is InChI=1S/C19H23N3O3/c1-16(23)22(15-17-7-5-6-11-20-17)13-12-21-19(24)10-14-25-18-8-3-2-4-9-18/h2-9,11H,10,12-15H2,1H3,(H,21,24). The first kappa shape index (κ1) is 18.4. The minimum atomic E-state index is -0.0998. The maximum absolute atomic E-state index is 11.8. The molecule has 6 heteroatoms. The normalized spacial score (nSPS) is 10.1. The first-order chi connectivity index (χ1) is 12.1. The van der Waals surface area contributed by atoms with Gasteiger partial charge in [-0.15, -0.1) is 0 Å². The molecule has 6 nitrogen and oxygen atoms in total. The second-order valence-corrected chi connectivity index (χ2v) is 5.52. The van der Waals surface area contributed by atoms with Crippen LogP contribution in [0.15, 0.2) is 54.7 Å². The lowest BCUT2D eigenvalue weighted by Gasteiger charge is -2.20. The average Bonchev–Trinajstić information content (AvgIpc) is 2.62. The molecule has 2 aromatic rings. The van der Waals surface area contributed by atoms with Crippen LogP contribution in [-0.2, 0) is 16.1 Å². The predicted octanol–water partition coefficient (Wildman–Crippen LogP) is 2.02. The summed E-state index contributed by atoms with van der Waals surface area (Å²) in [5, 5.41) is 2.81. The zero-order chi connectivity index (χ0) is 17.9. The van der Waals surface area contributed by atoms with Crippen LogP contribution in [0.4, 0.5) is 0 Å². The van der Waals surface area contributed by atoms with Gasteiger partial charge in [0.05, 0.1) is 25.3 Å². The number of hydrogen-bond acceptors (Lipinski definition) is 4. The van der Waals surface area contributed by atoms with E-state index in [1.807, 2.05) is 48.5 Å². The van der Waals surface area contributed by atoms with Crippen molar-refractivity contribution in [3.8, 4) is 5.75 Å². The number of carbonyl (C=O) groups is 2. The highest BCUT2D eigenvalue weighted by Gasteiger charge is 2.10. The van der Waals surface area contributed by atoms with Gasteiger partial charge >= 0.3 is 0 Å². The van der Waals surface area contributed by atoms with Crippen molar-refractivity contribution in [3.05, 3.63) is 60.4 Å². The van der Waals surface area contributed by atoms with E-state index in [-0.39, 0.29) is 18.2 Å². The largest absolute Gasteiger partial charge is 0.493 e. The van der Waals surface area contributed by atoms with Gasteiger partial charge in [-0.3, -0.25) is 14.6 Å². The van der Waals surface area contributed by atoms with Crippen LogP contribution in [0.25, 0.3) is 0 Å². The Balaban J connectivity index is 1.66. The average molecular weight is 341 g/mol. The lowest BCUT2D eigenvalue weighted by atomic mass is 10.3. The van der Waals surface area contributed by atoms with Crippen molar-refractivity contribution >= 4 is 11.8 Å². The second-order valence-electron chi connectivity index (χ2n) is 5.52. The van der Waals surface area contributed by atoms with Crippen LogP contribution in [0.5, 0.6) is 5.75 Å². The molecule has 0 saturated carbocycles. The number of amides is 2. The molecule has 0 spiro atoms. The van der Waals surface area contributed by atoms with Crippen LogP contribution in [0.2, 0.25) is 0 Å². The van der Waals surface area contributed by atoms with Crippen LogP contribution in [0, 0.1) is 0 Å². The van der Waals surface area contributed by atoms with E-state index in [0.29, 0.717) is 26.2 Å². The third-order valence-electron chi connectivity index (χ3n) is 3.57. The van der Waals surface area contributed by atoms with Crippen LogP contribution in [-0.4, -0.2) is 41.4 Å². The summed E-state index contributed by atoms with van der Waals surface area (Å²) in [6.07, 6.45) is 1.97. The maximum atomic E-state index is 11.8. The first-order valence-corrected chi connectivity index (χ1v) is 8.25. The molecule has 0 aliphatic carbocycles. The van der Waals surface area contributed by atoms with Gasteiger partial charge in [-0.2, -0.15) is 0 Å². The van der Waals surface area contributed by atoms with Crippen LogP contribution in [0.3, 0.4) is 0 Å². The van der Waals surface area contributed by atoms with Gasteiger partial charge in [0.25, 0.3) is 0 Å². The molecule has 2 amide bonds. The monoisotopic (exact) mass is 341 g/mol. The molecular formula is C19H23N3O3. The van der Waals surface area contributed by atoms with E-state index in [4.69, 9.17) is 4.74 Å². The van der Waals surface area contributed by atoms with Gasteiger partial charge in [-0.1, -0.05) is 24.3 Å². The number of nitrogens with one attached hydrogen (secondary N) is 1. The van der Waals surface area contributed by atoms with Gasteiger partial charge in [0, 0.05) is 26.2 Å². The fourth-order valence-electron chi connectivity index (χ4n) is 2.23. The molecular weight excluding hydrogens is 318 g/mol. The van der Waals surface area contributed by atoms with Crippen LogP contribution >= 0.6 is 0 Å². The van der Waals surface area contributed by atoms with E-state index in [1.54, 1.807) is 11.1 Å². The van der Waals surface area contributed by atoms with E-state index in [2.05, 4.69) is 10.3 Å². The Morgan fingerprint density at radius 3 is 2.56 bits per heavy atom. The summed E-state index contributed by atoms with van der Waals surface area (Å²) < 4.78 is 5.49. The van der Waals surface area contributed by atoms with E-state index in [1.165, 1.54) is 6.92 Å². The zero-order valence-electron chi connectivity index (χ0n) is 14.4. The molecule has 0 unspecified atom stereocenters. The van der Waals surface area contributed by atoms with Crippen molar-refractivity contribution in [3.63, 3.8) is 0 Å². The molecule has 1 heterocycles. The van der Waals surface area contributed by atoms with E-state index in [9.17, 15) is 9.59 Å². The van der Waals surface area contributed by atoms with Crippen LogP contribution in [0.1, 0.15) is 19.0 Å². The molecule has 0 aliphatic rings. The highest BCUT2D eigenvalue weighted by Crippen LogP contribution is 2.08. The van der Waals surface area contributed by atoms with Gasteiger partial charge in [0.1, 0.15) is 5.75 Å². The van der Waals surface area contributed by atoms with Crippen molar-refractivity contribution in [2.45, 2.75) is 19.9 Å². The molecule has 0 bridgehead atoms. The number of hydrogen-bond donors (Lipinski definition) is 1. The number of ether oxygens (including phenoxy) is 1. The van der Waals surface area contributed by atoms with E-state index in [0.717, 1.165) is 11.4 Å². The number of carbonyl (C=O) groups excluding carboxylic acids is 2. The summed E-state index contributed by atoms with van der Waals surface area (Å²) >= 11 is 0. The highest BCUT2D eigenvalue weighted by molar-refractivity contribution is 5.76. The predicted molar refractivity (Wildman–Crippen MR) is 94.9 cm³/mol. The summed E-state index contributed by atoms with van der Waals surface area (Å²) in [6.45, 7) is 3.11. The second kappa shape index (κ2) is 10.1. The van der Waals surface area contributed by atoms with Gasteiger partial charge in [0.2, 0.25) is 11.8 Å². The number of pyridine rings is 1. The smallest absolute Gasteiger partial charge is 0.223 e. The molecule has 25 heavy (non-hydrogen) atoms. The number of para-hydroxylation sites is 1. The summed E-state index contributed by atoms with van der Waals surface area (Å²) in [4.78, 5) is 29.4. The molecule has 0 radical (unpaired) electrons. The molecule has 0 aliphatic heterocycles. The van der Waals surface area contributed by atoms with Crippen molar-refractivity contribution < 1.29 is 14.3 Å². The zero-order valence-corrected chi connectivity index (χ0v) is 14.4. The Hall–Kier alpha value is -2.89. The van der Waals surface area contributed by atoms with E-state index < -0.39 is 0 Å². The van der Waals surface area contributed by atoms with E-state index >= 15 is 0 Å². The Bertz CT molecular complexity index is 662. The molecule has 0 saturated heterocycles. The number of rotatable bonds is 9. The molecule has 0 fully saturated rings. The van der Waals surface area contributed by atoms with Gasteiger partial charge in [0.15, 0.2) is 0 Å². The Labute approximate surface area is 147 Å². The van der Waals surface area contributed by atoms with Gasteiger partial charge in [-0.25, -0.2) is 0 Å².